The maximum absolute atomic E-state index is 2.50. The van der Waals surface area contributed by atoms with Crippen molar-refractivity contribution in [3.63, 3.8) is 0 Å². The number of rotatable bonds is 5. The summed E-state index contributed by atoms with van der Waals surface area (Å²) in [5.74, 6) is 0.671. The third-order valence-electron chi connectivity index (χ3n) is 4.08. The fourth-order valence-corrected chi connectivity index (χ4v) is 6.02. The van der Waals surface area contributed by atoms with Crippen LogP contribution in [0.25, 0.3) is 0 Å². The number of hydrogen-bond acceptors (Lipinski definition) is 0. The molecule has 0 aromatic heterocycles. The van der Waals surface area contributed by atoms with Crippen molar-refractivity contribution in [1.29, 1.82) is 0 Å². The summed E-state index contributed by atoms with van der Waals surface area (Å²) in [5.41, 5.74) is 1.60. The molecule has 0 aliphatic heterocycles. The van der Waals surface area contributed by atoms with E-state index in [1.807, 2.05) is 0 Å². The van der Waals surface area contributed by atoms with E-state index < -0.39 is 0 Å². The Hall–Kier alpha value is 0.631. The number of halogens is 3. The number of allylic oxidation sites excluding steroid dienone is 4. The fraction of sp³-hybridized carbons (Fsp3) is 0.471. The van der Waals surface area contributed by atoms with Crippen molar-refractivity contribution in [2.45, 2.75) is 51.0 Å². The molecule has 0 amide bonds. The minimum absolute atomic E-state index is 0. The third kappa shape index (κ3) is 7.03. The van der Waals surface area contributed by atoms with Crippen LogP contribution < -0.4 is 42.4 Å². The van der Waals surface area contributed by atoms with Crippen molar-refractivity contribution in [1.82, 2.24) is 0 Å². The molecule has 0 spiro atoms. The Bertz CT molecular complexity index is 455. The van der Waals surface area contributed by atoms with Crippen LogP contribution in [0, 0.1) is 0 Å². The van der Waals surface area contributed by atoms with Gasteiger partial charge in [0.1, 0.15) is 0 Å². The molecule has 0 N–H and O–H groups in total. The van der Waals surface area contributed by atoms with Gasteiger partial charge in [-0.25, -0.2) is 12.1 Å². The summed E-state index contributed by atoms with van der Waals surface area (Å²) >= 11 is 0. The van der Waals surface area contributed by atoms with Crippen LogP contribution in [-0.2, 0) is 21.7 Å². The second-order valence-corrected chi connectivity index (χ2v) is 8.47. The summed E-state index contributed by atoms with van der Waals surface area (Å²) in [4.78, 5) is 0. The first-order valence-corrected chi connectivity index (χ1v) is 8.67. The van der Waals surface area contributed by atoms with Crippen molar-refractivity contribution in [3.8, 4) is 0 Å². The van der Waals surface area contributed by atoms with Crippen LogP contribution in [0.4, 0.5) is 0 Å². The molecule has 22 heavy (non-hydrogen) atoms. The van der Waals surface area contributed by atoms with Crippen LogP contribution in [0.5, 0.6) is 0 Å². The van der Waals surface area contributed by atoms with Gasteiger partial charge in [0.15, 0.2) is 0 Å². The van der Waals surface area contributed by atoms with Crippen molar-refractivity contribution in [2.24, 2.45) is 0 Å². The zero-order valence-corrected chi connectivity index (χ0v) is 18.8. The molecular formula is C17H25Cl3SiTi. The summed E-state index contributed by atoms with van der Waals surface area (Å²) in [5, 5.41) is 2.19. The molecule has 0 heterocycles. The smallest absolute Gasteiger partial charge is 1.00 e. The van der Waals surface area contributed by atoms with Gasteiger partial charge in [-0.15, -0.1) is 0 Å². The van der Waals surface area contributed by atoms with E-state index in [0.717, 1.165) is 0 Å². The van der Waals surface area contributed by atoms with Gasteiger partial charge in [-0.1, -0.05) is 51.5 Å². The molecule has 0 nitrogen and oxygen atoms in total. The quantitative estimate of drug-likeness (QED) is 0.336. The first-order valence-electron chi connectivity index (χ1n) is 7.26. The van der Waals surface area contributed by atoms with Crippen molar-refractivity contribution in [3.05, 3.63) is 48.1 Å². The molecule has 122 valence electrons. The van der Waals surface area contributed by atoms with E-state index in [4.69, 9.17) is 0 Å². The molecule has 1 unspecified atom stereocenters. The van der Waals surface area contributed by atoms with Crippen molar-refractivity contribution in [2.75, 3.05) is 0 Å². The van der Waals surface area contributed by atoms with E-state index in [1.54, 1.807) is 10.8 Å². The molecular weight excluding hydrogens is 386 g/mol. The van der Waals surface area contributed by atoms with E-state index >= 15 is 0 Å². The molecule has 0 fully saturated rings. The first kappa shape index (κ1) is 27.5. The molecule has 1 atom stereocenters. The summed E-state index contributed by atoms with van der Waals surface area (Å²) in [6.45, 7) is 6.95. The summed E-state index contributed by atoms with van der Waals surface area (Å²) in [6.07, 6.45) is 13.2. The van der Waals surface area contributed by atoms with Crippen molar-refractivity contribution >= 4 is 14.7 Å². The van der Waals surface area contributed by atoms with E-state index in [9.17, 15) is 0 Å². The summed E-state index contributed by atoms with van der Waals surface area (Å²) in [6, 6.07) is 6.96. The molecule has 0 saturated heterocycles. The van der Waals surface area contributed by atoms with Crippen LogP contribution >= 0.6 is 0 Å². The maximum Gasteiger partial charge on any atom is 4.00 e. The Morgan fingerprint density at radius 2 is 1.91 bits per heavy atom. The predicted octanol–water partition coefficient (Wildman–Crippen LogP) is -5.19. The minimum atomic E-state index is -0.243. The van der Waals surface area contributed by atoms with Crippen LogP contribution in [0.3, 0.4) is 0 Å². The second kappa shape index (κ2) is 13.0. The van der Waals surface area contributed by atoms with Gasteiger partial charge in [0.05, 0.1) is 0 Å². The molecule has 1 aromatic rings. The Morgan fingerprint density at radius 3 is 2.41 bits per heavy atom. The van der Waals surface area contributed by atoms with Crippen LogP contribution in [0.1, 0.15) is 51.5 Å². The zero-order valence-electron chi connectivity index (χ0n) is 13.6. The molecule has 0 saturated carbocycles. The topological polar surface area (TPSA) is 0 Å². The third-order valence-corrected chi connectivity index (χ3v) is 6.68. The molecule has 2 rings (SSSR count). The average Bonchev–Trinajstić information content (AvgIpc) is 2.78. The van der Waals surface area contributed by atoms with Gasteiger partial charge in [0.25, 0.3) is 0 Å². The number of hydrogen-bond donors (Lipinski definition) is 0. The SMILES string of the molecule is CCCC1([SiH2][c-]2cccc2C(C)C)C=CC=CC1.[Cl-].[Cl-].[Cl-].[Ti+4]. The van der Waals surface area contributed by atoms with E-state index in [1.165, 1.54) is 19.3 Å². The van der Waals surface area contributed by atoms with Crippen molar-refractivity contribution < 1.29 is 58.9 Å². The maximum atomic E-state index is 2.50. The van der Waals surface area contributed by atoms with E-state index in [2.05, 4.69) is 63.3 Å². The largest absolute Gasteiger partial charge is 4.00 e. The minimum Gasteiger partial charge on any atom is -1.00 e. The van der Waals surface area contributed by atoms with E-state index in [0.29, 0.717) is 11.0 Å². The Labute approximate surface area is 171 Å². The molecule has 1 aliphatic carbocycles. The van der Waals surface area contributed by atoms with Gasteiger partial charge in [0.2, 0.25) is 0 Å². The van der Waals surface area contributed by atoms with Gasteiger partial charge in [0, 0.05) is 9.52 Å². The summed E-state index contributed by atoms with van der Waals surface area (Å²) < 4.78 is 0. The second-order valence-electron chi connectivity index (χ2n) is 5.94. The molecule has 1 aromatic carbocycles. The first-order chi connectivity index (χ1) is 8.67. The van der Waals surface area contributed by atoms with Gasteiger partial charge >= 0.3 is 21.7 Å². The van der Waals surface area contributed by atoms with Gasteiger partial charge in [-0.05, 0) is 23.8 Å². The van der Waals surface area contributed by atoms with Gasteiger partial charge < -0.3 is 37.2 Å². The van der Waals surface area contributed by atoms with Crippen LogP contribution in [0.15, 0.2) is 42.5 Å². The molecule has 0 bridgehead atoms. The Balaban J connectivity index is -0.000000902. The molecule has 1 aliphatic rings. The monoisotopic (exact) mass is 410 g/mol. The van der Waals surface area contributed by atoms with Gasteiger partial charge in [-0.3, -0.25) is 0 Å². The average molecular weight is 412 g/mol. The zero-order chi connectivity index (χ0) is 13.0. The van der Waals surface area contributed by atoms with Gasteiger partial charge in [-0.2, -0.15) is 16.8 Å². The van der Waals surface area contributed by atoms with Crippen LogP contribution in [0.2, 0.25) is 5.04 Å². The Kier molecular flexibility index (Phi) is 16.2. The molecule has 0 radical (unpaired) electrons. The van der Waals surface area contributed by atoms with E-state index in [-0.39, 0.29) is 68.5 Å². The Morgan fingerprint density at radius 1 is 1.23 bits per heavy atom. The predicted molar refractivity (Wildman–Crippen MR) is 84.8 cm³/mol. The molecule has 5 heteroatoms. The normalized spacial score (nSPS) is 19.3. The summed E-state index contributed by atoms with van der Waals surface area (Å²) in [7, 11) is -0.243. The fourth-order valence-electron chi connectivity index (χ4n) is 3.19. The van der Waals surface area contributed by atoms with Crippen LogP contribution in [-0.4, -0.2) is 9.52 Å². The standard InChI is InChI=1S/C17H25Si.3ClH.Ti/c1-4-11-17(12-6-5-7-13-17)18-16-10-8-9-15(16)14(2)3;;;;/h5-10,12,14H,4,11,13,18H2,1-3H3;3*1H;/q-1;;;;+4/p-3.